The Labute approximate surface area is 150 Å². The highest BCUT2D eigenvalue weighted by atomic mass is 32.1. The van der Waals surface area contributed by atoms with Gasteiger partial charge in [-0.2, -0.15) is 0 Å². The molecule has 1 aromatic heterocycles. The number of nitrogens with one attached hydrogen (secondary N) is 1. The number of piperidine rings is 1. The van der Waals surface area contributed by atoms with Crippen LogP contribution in [0.3, 0.4) is 0 Å². The first-order valence-corrected chi connectivity index (χ1v) is 9.15. The molecule has 2 amide bonds. The maximum Gasteiger partial charge on any atom is 0.275 e. The van der Waals surface area contributed by atoms with E-state index in [0.29, 0.717) is 31.0 Å². The lowest BCUT2D eigenvalue weighted by Gasteiger charge is -2.26. The van der Waals surface area contributed by atoms with Gasteiger partial charge in [-0.3, -0.25) is 9.59 Å². The molecular weight excluding hydrogens is 338 g/mol. The zero-order valence-corrected chi connectivity index (χ0v) is 15.0. The Balaban J connectivity index is 1.64. The molecule has 1 N–H and O–H groups in total. The monoisotopic (exact) mass is 359 g/mol. The third kappa shape index (κ3) is 4.64. The van der Waals surface area contributed by atoms with Crippen LogP contribution in [-0.4, -0.2) is 35.4 Å². The second kappa shape index (κ2) is 8.22. The highest BCUT2D eigenvalue weighted by Gasteiger charge is 2.18. The zero-order chi connectivity index (χ0) is 17.6. The number of nitrogens with zero attached hydrogens (tertiary/aromatic N) is 2. The predicted molar refractivity (Wildman–Crippen MR) is 96.5 cm³/mol. The number of methoxy groups -OCH3 is 1. The lowest BCUT2D eigenvalue weighted by atomic mass is 10.1. The minimum Gasteiger partial charge on any atom is -0.378 e. The second-order valence-electron chi connectivity index (χ2n) is 5.99. The lowest BCUT2D eigenvalue weighted by Crippen LogP contribution is -2.34. The number of hydrogen-bond acceptors (Lipinski definition) is 5. The van der Waals surface area contributed by atoms with Crippen molar-refractivity contribution in [3.63, 3.8) is 0 Å². The largest absolute Gasteiger partial charge is 0.378 e. The first-order chi connectivity index (χ1) is 12.2. The quantitative estimate of drug-likeness (QED) is 0.860. The van der Waals surface area contributed by atoms with Gasteiger partial charge in [0.15, 0.2) is 0 Å². The number of benzene rings is 1. The van der Waals surface area contributed by atoms with Gasteiger partial charge in [0.2, 0.25) is 5.91 Å². The van der Waals surface area contributed by atoms with Crippen LogP contribution in [0.4, 0.5) is 5.69 Å². The number of ether oxygens (including phenoxy) is 1. The second-order valence-corrected chi connectivity index (χ2v) is 6.93. The van der Waals surface area contributed by atoms with Crippen molar-refractivity contribution in [3.8, 4) is 0 Å². The van der Waals surface area contributed by atoms with Gasteiger partial charge >= 0.3 is 0 Å². The molecule has 0 spiro atoms. The number of likely N-dealkylation sites (tertiary alicyclic amines) is 1. The zero-order valence-electron chi connectivity index (χ0n) is 14.2. The average molecular weight is 359 g/mol. The first kappa shape index (κ1) is 17.6. The molecule has 0 atom stereocenters. The summed E-state index contributed by atoms with van der Waals surface area (Å²) in [6.07, 6.45) is 2.66. The van der Waals surface area contributed by atoms with Crippen LogP contribution in [0.5, 0.6) is 0 Å². The van der Waals surface area contributed by atoms with E-state index in [1.165, 1.54) is 11.3 Å². The number of amides is 2. The molecule has 0 aliphatic carbocycles. The molecule has 1 aliphatic heterocycles. The maximum atomic E-state index is 12.3. The summed E-state index contributed by atoms with van der Waals surface area (Å²) < 4.78 is 5.02. The molecule has 1 fully saturated rings. The van der Waals surface area contributed by atoms with E-state index in [-0.39, 0.29) is 11.8 Å². The van der Waals surface area contributed by atoms with Crippen molar-refractivity contribution < 1.29 is 14.3 Å². The Kier molecular flexibility index (Phi) is 5.78. The Morgan fingerprint density at radius 1 is 1.40 bits per heavy atom. The third-order valence-electron chi connectivity index (χ3n) is 4.03. The average Bonchev–Trinajstić information content (AvgIpc) is 3.07. The molecule has 0 unspecified atom stereocenters. The van der Waals surface area contributed by atoms with Gasteiger partial charge in [0, 0.05) is 37.7 Å². The summed E-state index contributed by atoms with van der Waals surface area (Å²) in [5, 5.41) is 5.35. The van der Waals surface area contributed by atoms with Crippen molar-refractivity contribution in [3.05, 3.63) is 45.9 Å². The van der Waals surface area contributed by atoms with Gasteiger partial charge in [-0.1, -0.05) is 12.1 Å². The van der Waals surface area contributed by atoms with E-state index in [1.807, 2.05) is 29.2 Å². The fourth-order valence-electron chi connectivity index (χ4n) is 2.80. The van der Waals surface area contributed by atoms with Crippen molar-refractivity contribution >= 4 is 28.8 Å². The molecule has 7 heteroatoms. The van der Waals surface area contributed by atoms with E-state index < -0.39 is 0 Å². The molecule has 2 heterocycles. The van der Waals surface area contributed by atoms with Crippen LogP contribution in [0.1, 0.15) is 40.3 Å². The lowest BCUT2D eigenvalue weighted by molar-refractivity contribution is -0.133. The molecular formula is C18H21N3O3S. The molecule has 3 rings (SSSR count). The molecule has 132 valence electrons. The number of anilines is 1. The standard InChI is InChI=1S/C18H21N3O3S/c1-24-11-16-20-15(12-25-16)18(23)19-14-6-4-5-13(9-14)10-21-8-3-2-7-17(21)22/h4-6,9,12H,2-3,7-8,10-11H2,1H3,(H,19,23). The van der Waals surface area contributed by atoms with Crippen LogP contribution in [0.15, 0.2) is 29.6 Å². The van der Waals surface area contributed by atoms with Crippen LogP contribution in [0.2, 0.25) is 0 Å². The molecule has 2 aromatic rings. The van der Waals surface area contributed by atoms with Crippen LogP contribution in [-0.2, 0) is 22.7 Å². The van der Waals surface area contributed by atoms with Crippen LogP contribution in [0, 0.1) is 0 Å². The van der Waals surface area contributed by atoms with Crippen molar-refractivity contribution in [1.82, 2.24) is 9.88 Å². The first-order valence-electron chi connectivity index (χ1n) is 8.27. The summed E-state index contributed by atoms with van der Waals surface area (Å²) in [4.78, 5) is 30.4. The van der Waals surface area contributed by atoms with E-state index in [9.17, 15) is 9.59 Å². The number of rotatable bonds is 6. The summed E-state index contributed by atoms with van der Waals surface area (Å²) >= 11 is 1.40. The normalized spacial score (nSPS) is 14.6. The smallest absolute Gasteiger partial charge is 0.275 e. The van der Waals surface area contributed by atoms with E-state index in [2.05, 4.69) is 10.3 Å². The number of carbonyl (C=O) groups excluding carboxylic acids is 2. The van der Waals surface area contributed by atoms with Crippen LogP contribution < -0.4 is 5.32 Å². The molecule has 1 saturated heterocycles. The molecule has 25 heavy (non-hydrogen) atoms. The van der Waals surface area contributed by atoms with Crippen molar-refractivity contribution in [1.29, 1.82) is 0 Å². The molecule has 0 radical (unpaired) electrons. The Hall–Kier alpha value is -2.25. The molecule has 6 nitrogen and oxygen atoms in total. The van der Waals surface area contributed by atoms with Gasteiger partial charge in [0.25, 0.3) is 5.91 Å². The van der Waals surface area contributed by atoms with Gasteiger partial charge in [-0.05, 0) is 30.5 Å². The summed E-state index contributed by atoms with van der Waals surface area (Å²) in [6, 6.07) is 7.60. The summed E-state index contributed by atoms with van der Waals surface area (Å²) in [7, 11) is 1.60. The Bertz CT molecular complexity index is 760. The summed E-state index contributed by atoms with van der Waals surface area (Å²) in [5.74, 6) is -0.0429. The number of thiazole rings is 1. The molecule has 0 bridgehead atoms. The van der Waals surface area contributed by atoms with Crippen molar-refractivity contribution in [2.24, 2.45) is 0 Å². The van der Waals surface area contributed by atoms with Gasteiger partial charge in [0.05, 0.1) is 6.61 Å². The fraction of sp³-hybridized carbons (Fsp3) is 0.389. The van der Waals surface area contributed by atoms with Gasteiger partial charge < -0.3 is 15.0 Å². The maximum absolute atomic E-state index is 12.3. The fourth-order valence-corrected chi connectivity index (χ4v) is 3.54. The minimum absolute atomic E-state index is 0.203. The van der Waals surface area contributed by atoms with Crippen molar-refractivity contribution in [2.75, 3.05) is 19.0 Å². The number of carbonyl (C=O) groups is 2. The number of hydrogen-bond donors (Lipinski definition) is 1. The predicted octanol–water partition coefficient (Wildman–Crippen LogP) is 3.05. The SMILES string of the molecule is COCc1nc(C(=O)Nc2cccc(CN3CCCCC3=O)c2)cs1. The highest BCUT2D eigenvalue weighted by Crippen LogP contribution is 2.18. The molecule has 1 aromatic carbocycles. The van der Waals surface area contributed by atoms with Crippen molar-refractivity contribution in [2.45, 2.75) is 32.4 Å². The molecule has 1 aliphatic rings. The van der Waals surface area contributed by atoms with Gasteiger partial charge in [0.1, 0.15) is 10.7 Å². The number of aromatic nitrogens is 1. The van der Waals surface area contributed by atoms with E-state index >= 15 is 0 Å². The van der Waals surface area contributed by atoms with Crippen LogP contribution >= 0.6 is 11.3 Å². The van der Waals surface area contributed by atoms with E-state index in [0.717, 1.165) is 30.0 Å². The highest BCUT2D eigenvalue weighted by molar-refractivity contribution is 7.09. The third-order valence-corrected chi connectivity index (χ3v) is 4.85. The van der Waals surface area contributed by atoms with E-state index in [1.54, 1.807) is 12.5 Å². The summed E-state index contributed by atoms with van der Waals surface area (Å²) in [6.45, 7) is 1.78. The van der Waals surface area contributed by atoms with E-state index in [4.69, 9.17) is 4.74 Å². The van der Waals surface area contributed by atoms with Crippen LogP contribution in [0.25, 0.3) is 0 Å². The Morgan fingerprint density at radius 2 is 2.28 bits per heavy atom. The van der Waals surface area contributed by atoms with Gasteiger partial charge in [-0.25, -0.2) is 4.98 Å². The Morgan fingerprint density at radius 3 is 3.08 bits per heavy atom. The van der Waals surface area contributed by atoms with Gasteiger partial charge in [-0.15, -0.1) is 11.3 Å². The topological polar surface area (TPSA) is 71.5 Å². The minimum atomic E-state index is -0.246. The summed E-state index contributed by atoms with van der Waals surface area (Å²) in [5.41, 5.74) is 2.09. The molecule has 0 saturated carbocycles.